The van der Waals surface area contributed by atoms with E-state index in [4.69, 9.17) is 16.3 Å². The van der Waals surface area contributed by atoms with Crippen LogP contribution in [0.3, 0.4) is 0 Å². The Morgan fingerprint density at radius 3 is 2.71 bits per heavy atom. The molecule has 2 amide bonds. The van der Waals surface area contributed by atoms with Gasteiger partial charge in [-0.05, 0) is 71.2 Å². The highest BCUT2D eigenvalue weighted by molar-refractivity contribution is 6.31. The molecule has 2 heterocycles. The average Bonchev–Trinajstić information content (AvgIpc) is 3.37. The van der Waals surface area contributed by atoms with Crippen LogP contribution in [0, 0.1) is 12.3 Å². The van der Waals surface area contributed by atoms with E-state index < -0.39 is 41.2 Å². The maximum absolute atomic E-state index is 13.9. The summed E-state index contributed by atoms with van der Waals surface area (Å²) in [4.78, 5) is 40.8. The summed E-state index contributed by atoms with van der Waals surface area (Å²) in [6.07, 6.45) is 7.73. The van der Waals surface area contributed by atoms with Crippen LogP contribution in [-0.4, -0.2) is 55.7 Å². The molecule has 1 fully saturated rings. The van der Waals surface area contributed by atoms with E-state index in [1.54, 1.807) is 32.6 Å². The minimum atomic E-state index is -1.16. The maximum atomic E-state index is 13.9. The molecule has 0 bridgehead atoms. The molecule has 11 heteroatoms. The molecule has 9 nitrogen and oxygen atoms in total. The minimum Gasteiger partial charge on any atom is -0.451 e. The Morgan fingerprint density at radius 2 is 2.05 bits per heavy atom. The molecule has 1 aliphatic heterocycles. The van der Waals surface area contributed by atoms with Gasteiger partial charge in [-0.15, -0.1) is 0 Å². The molecule has 3 N–H and O–H groups in total. The van der Waals surface area contributed by atoms with Gasteiger partial charge in [0.05, 0.1) is 17.3 Å². The van der Waals surface area contributed by atoms with Crippen molar-refractivity contribution in [2.24, 2.45) is 5.41 Å². The largest absolute Gasteiger partial charge is 0.451 e. The first-order valence-electron chi connectivity index (χ1n) is 13.6. The summed E-state index contributed by atoms with van der Waals surface area (Å²) in [5, 5.41) is 20.4. The second-order valence-electron chi connectivity index (χ2n) is 11.6. The van der Waals surface area contributed by atoms with Crippen LogP contribution < -0.4 is 15.6 Å². The first-order chi connectivity index (χ1) is 19.2. The predicted octanol–water partition coefficient (Wildman–Crippen LogP) is 4.68. The molecule has 2 aromatic rings. The number of alkyl halides is 1. The van der Waals surface area contributed by atoms with Crippen LogP contribution in [0.1, 0.15) is 68.6 Å². The van der Waals surface area contributed by atoms with Crippen LogP contribution in [0.2, 0.25) is 0 Å². The zero-order valence-corrected chi connectivity index (χ0v) is 24.6. The van der Waals surface area contributed by atoms with Gasteiger partial charge in [-0.3, -0.25) is 14.4 Å². The highest BCUT2D eigenvalue weighted by Crippen LogP contribution is 2.45. The number of hydrogen-bond acceptors (Lipinski definition) is 6. The number of nitrogens with one attached hydrogen (secondary N) is 2. The second kappa shape index (κ2) is 11.8. The number of benzene rings is 1. The fourth-order valence-electron chi connectivity index (χ4n) is 5.70. The van der Waals surface area contributed by atoms with E-state index in [9.17, 15) is 23.9 Å². The first kappa shape index (κ1) is 30.5. The van der Waals surface area contributed by atoms with Gasteiger partial charge in [0.25, 0.3) is 5.91 Å². The summed E-state index contributed by atoms with van der Waals surface area (Å²) in [5.74, 6) is -0.872. The lowest BCUT2D eigenvalue weighted by atomic mass is 9.75. The van der Waals surface area contributed by atoms with Crippen molar-refractivity contribution >= 4 is 23.4 Å². The molecule has 4 atom stereocenters. The van der Waals surface area contributed by atoms with Gasteiger partial charge < -0.3 is 20.1 Å². The van der Waals surface area contributed by atoms with Crippen molar-refractivity contribution in [1.29, 1.82) is 0 Å². The summed E-state index contributed by atoms with van der Waals surface area (Å²) in [7, 11) is 0. The third kappa shape index (κ3) is 6.54. The van der Waals surface area contributed by atoms with Gasteiger partial charge in [-0.2, -0.15) is 5.10 Å². The normalized spacial score (nSPS) is 23.2. The van der Waals surface area contributed by atoms with Crippen LogP contribution in [0.5, 0.6) is 11.5 Å². The summed E-state index contributed by atoms with van der Waals surface area (Å²) in [6, 6.07) is 3.96. The van der Waals surface area contributed by atoms with E-state index in [0.717, 1.165) is 0 Å². The molecule has 1 aliphatic carbocycles. The first-order valence-corrected chi connectivity index (χ1v) is 13.9. The number of aromatic amines is 1. The molecule has 0 saturated carbocycles. The van der Waals surface area contributed by atoms with E-state index in [-0.39, 0.29) is 34.6 Å². The second-order valence-corrected chi connectivity index (χ2v) is 12.0. The standard InChI is InChI=1S/C30H36ClFN4O5/c1-17-13-23(27(38)35-34-17)41-22-9-8-19(14-20(22)16-32)26(37)33-18(2)28(39)36-24(29(3,4)40)10-11-25(36)30(5)12-6-7-21(31)15-30/h6-9,13-15,18,24-25,40H,10-12,16H2,1-5H3,(H,33,37)(H,35,38)/t18-,24-,25+,30?/m1/s1. The fraction of sp³-hybridized carbons (Fsp3) is 0.467. The number of ether oxygens (including phenoxy) is 1. The molecule has 220 valence electrons. The quantitative estimate of drug-likeness (QED) is 0.413. The van der Waals surface area contributed by atoms with Gasteiger partial charge in [0.1, 0.15) is 18.5 Å². The van der Waals surface area contributed by atoms with Crippen molar-refractivity contribution in [1.82, 2.24) is 20.4 Å². The van der Waals surface area contributed by atoms with Gasteiger partial charge in [0.15, 0.2) is 5.75 Å². The molecule has 1 aromatic heterocycles. The lowest BCUT2D eigenvalue weighted by Gasteiger charge is -2.44. The summed E-state index contributed by atoms with van der Waals surface area (Å²) >= 11 is 6.34. The number of nitrogens with zero attached hydrogens (tertiary/aromatic N) is 2. The Bertz CT molecular complexity index is 1450. The van der Waals surface area contributed by atoms with Crippen molar-refractivity contribution in [2.45, 2.75) is 84.3 Å². The summed E-state index contributed by atoms with van der Waals surface area (Å²) in [6.45, 7) is 7.72. The molecule has 0 radical (unpaired) electrons. The Balaban J connectivity index is 1.54. The zero-order valence-electron chi connectivity index (χ0n) is 23.8. The fourth-order valence-corrected chi connectivity index (χ4v) is 6.04. The van der Waals surface area contributed by atoms with Crippen LogP contribution in [0.25, 0.3) is 0 Å². The topological polar surface area (TPSA) is 125 Å². The maximum Gasteiger partial charge on any atom is 0.307 e. The number of aromatic nitrogens is 2. The Morgan fingerprint density at radius 1 is 1.32 bits per heavy atom. The number of amides is 2. The van der Waals surface area contributed by atoms with Crippen molar-refractivity contribution in [3.63, 3.8) is 0 Å². The lowest BCUT2D eigenvalue weighted by molar-refractivity contribution is -0.143. The van der Waals surface area contributed by atoms with Crippen molar-refractivity contribution in [2.75, 3.05) is 0 Å². The van der Waals surface area contributed by atoms with E-state index in [0.29, 0.717) is 30.0 Å². The number of aryl methyl sites for hydroxylation is 1. The molecule has 1 unspecified atom stereocenters. The van der Waals surface area contributed by atoms with Gasteiger partial charge in [0, 0.05) is 33.7 Å². The smallest absolute Gasteiger partial charge is 0.307 e. The molecule has 1 aromatic carbocycles. The summed E-state index contributed by atoms with van der Waals surface area (Å²) in [5.41, 5.74) is -1.48. The minimum absolute atomic E-state index is 0.0524. The van der Waals surface area contributed by atoms with Crippen LogP contribution in [0.4, 0.5) is 4.39 Å². The number of carbonyl (C=O) groups is 2. The van der Waals surface area contributed by atoms with Gasteiger partial charge in [-0.1, -0.05) is 30.7 Å². The van der Waals surface area contributed by atoms with Gasteiger partial charge in [-0.25, -0.2) is 9.49 Å². The number of H-pyrrole nitrogens is 1. The molecule has 41 heavy (non-hydrogen) atoms. The van der Waals surface area contributed by atoms with E-state index in [1.165, 1.54) is 24.3 Å². The van der Waals surface area contributed by atoms with Gasteiger partial charge in [0.2, 0.25) is 5.91 Å². The van der Waals surface area contributed by atoms with Crippen LogP contribution in [-0.2, 0) is 11.5 Å². The number of carbonyl (C=O) groups excluding carboxylic acids is 2. The number of hydrogen-bond donors (Lipinski definition) is 3. The number of likely N-dealkylation sites (tertiary alicyclic amines) is 1. The zero-order chi connectivity index (χ0) is 30.1. The third-order valence-electron chi connectivity index (χ3n) is 7.82. The van der Waals surface area contributed by atoms with E-state index in [1.807, 2.05) is 25.2 Å². The van der Waals surface area contributed by atoms with Crippen molar-refractivity contribution in [3.8, 4) is 11.5 Å². The Kier molecular flexibility index (Phi) is 8.75. The molecule has 4 rings (SSSR count). The Labute approximate surface area is 243 Å². The number of halogens is 2. The number of aliphatic hydroxyl groups is 1. The van der Waals surface area contributed by atoms with Crippen LogP contribution >= 0.6 is 11.6 Å². The highest BCUT2D eigenvalue weighted by atomic mass is 35.5. The molecule has 1 saturated heterocycles. The van der Waals surface area contributed by atoms with Gasteiger partial charge >= 0.3 is 5.56 Å². The Hall–Kier alpha value is -3.50. The molecule has 0 spiro atoms. The number of rotatable bonds is 8. The monoisotopic (exact) mass is 586 g/mol. The SMILES string of the molecule is Cc1cc(Oc2ccc(C(=O)N[C@H](C)C(=O)N3[C@H](C4(C)C=C(Cl)C=CC4)CC[C@@H]3C(C)(C)O)cc2CF)c(=O)[nH]n1. The summed E-state index contributed by atoms with van der Waals surface area (Å²) < 4.78 is 19.5. The highest BCUT2D eigenvalue weighted by Gasteiger charge is 2.50. The molecule has 2 aliphatic rings. The lowest BCUT2D eigenvalue weighted by Crippen LogP contribution is -2.59. The van der Waals surface area contributed by atoms with Crippen molar-refractivity contribution < 1.29 is 23.8 Å². The third-order valence-corrected chi connectivity index (χ3v) is 8.06. The number of allylic oxidation sites excluding steroid dienone is 3. The predicted molar refractivity (Wildman–Crippen MR) is 154 cm³/mol. The van der Waals surface area contributed by atoms with E-state index >= 15 is 0 Å². The molecular weight excluding hydrogens is 551 g/mol. The average molecular weight is 587 g/mol. The van der Waals surface area contributed by atoms with Crippen LogP contribution in [0.15, 0.2) is 52.3 Å². The molecular formula is C30H36ClFN4O5. The van der Waals surface area contributed by atoms with Crippen molar-refractivity contribution in [3.05, 3.63) is 74.7 Å². The van der Waals surface area contributed by atoms with E-state index in [2.05, 4.69) is 15.5 Å².